The number of carbonyl (C=O) groups is 2. The second-order valence-electron chi connectivity index (χ2n) is 14.0. The molecule has 5 rings (SSSR count). The molecule has 0 bridgehead atoms. The van der Waals surface area contributed by atoms with Crippen molar-refractivity contribution in [1.82, 2.24) is 19.0 Å². The third-order valence-corrected chi connectivity index (χ3v) is 9.99. The van der Waals surface area contributed by atoms with Crippen molar-refractivity contribution in [3.63, 3.8) is 0 Å². The molecule has 1 amide bonds. The van der Waals surface area contributed by atoms with Crippen molar-refractivity contribution in [2.24, 2.45) is 0 Å². The van der Waals surface area contributed by atoms with Crippen LogP contribution in [-0.2, 0) is 16.2 Å². The van der Waals surface area contributed by atoms with Crippen molar-refractivity contribution >= 4 is 48.4 Å². The van der Waals surface area contributed by atoms with Crippen molar-refractivity contribution in [2.75, 3.05) is 44.8 Å². The number of aromatic nitrogens is 3. The van der Waals surface area contributed by atoms with Gasteiger partial charge in [-0.25, -0.2) is 18.6 Å². The van der Waals surface area contributed by atoms with Crippen LogP contribution in [-0.4, -0.2) is 84.6 Å². The molecule has 1 fully saturated rings. The first-order valence-corrected chi connectivity index (χ1v) is 19.9. The second-order valence-corrected chi connectivity index (χ2v) is 20.0. The maximum Gasteiger partial charge on any atom is 0.418 e. The zero-order valence-corrected chi connectivity index (χ0v) is 30.2. The molecule has 1 saturated heterocycles. The molecule has 1 aliphatic rings. The van der Waals surface area contributed by atoms with E-state index in [2.05, 4.69) is 24.6 Å². The number of pyridine rings is 1. The summed E-state index contributed by atoms with van der Waals surface area (Å²) in [7, 11) is 0.0227. The summed E-state index contributed by atoms with van der Waals surface area (Å²) in [5.41, 5.74) is 0.473. The van der Waals surface area contributed by atoms with Crippen LogP contribution in [0.4, 0.5) is 19.4 Å². The fourth-order valence-corrected chi connectivity index (χ4v) is 6.54. The normalized spacial score (nSPS) is 14.1. The molecule has 0 spiro atoms. The number of methoxy groups -OCH3 is 1. The monoisotopic (exact) mass is 701 g/mol. The number of benzene rings is 1. The molecule has 14 heteroatoms. The standard InChI is InChI=1S/C34H42ClF2N5O5Si/c1-34(2,3)47-33(44)41-10-8-9-26(41)23-18-25(35)29(37)30-24(23)19-27(42(30)21-46-15-16-48(5,6)7)32(43)40-13-11-39(12-14-40)31-28(45-4)17-22(36)20-38-31/h8-10,17-20H,11-16,21H2,1-7H3. The van der Waals surface area contributed by atoms with Crippen LogP contribution >= 0.6 is 11.6 Å². The molecule has 10 nitrogen and oxygen atoms in total. The predicted octanol–water partition coefficient (Wildman–Crippen LogP) is 7.50. The van der Waals surface area contributed by atoms with Crippen LogP contribution in [0, 0.1) is 11.6 Å². The molecule has 0 aliphatic carbocycles. The van der Waals surface area contributed by atoms with Gasteiger partial charge in [-0.05, 0) is 51.1 Å². The molecule has 3 aromatic heterocycles. The zero-order valence-electron chi connectivity index (χ0n) is 28.4. The average molecular weight is 702 g/mol. The lowest BCUT2D eigenvalue weighted by molar-refractivity contribution is 0.0539. The first kappa shape index (κ1) is 35.4. The van der Waals surface area contributed by atoms with E-state index in [-0.39, 0.29) is 28.9 Å². The van der Waals surface area contributed by atoms with Gasteiger partial charge >= 0.3 is 6.09 Å². The number of piperazine rings is 1. The molecular formula is C34H42ClF2N5O5Si. The van der Waals surface area contributed by atoms with Crippen LogP contribution in [0.3, 0.4) is 0 Å². The predicted molar refractivity (Wildman–Crippen MR) is 185 cm³/mol. The topological polar surface area (TPSA) is 91.1 Å². The Kier molecular flexibility index (Phi) is 10.2. The Labute approximate surface area is 285 Å². The summed E-state index contributed by atoms with van der Waals surface area (Å²) in [6.07, 6.45) is 2.10. The third kappa shape index (κ3) is 7.68. The Bertz CT molecular complexity index is 1820. The highest BCUT2D eigenvalue weighted by Gasteiger charge is 2.30. The Hall–Kier alpha value is -3.94. The first-order valence-electron chi connectivity index (χ1n) is 15.8. The summed E-state index contributed by atoms with van der Waals surface area (Å²) < 4.78 is 49.7. The van der Waals surface area contributed by atoms with E-state index >= 15 is 4.39 Å². The number of hydrogen-bond acceptors (Lipinski definition) is 7. The Morgan fingerprint density at radius 3 is 2.42 bits per heavy atom. The van der Waals surface area contributed by atoms with Gasteiger partial charge in [-0.2, -0.15) is 0 Å². The van der Waals surface area contributed by atoms with Crippen molar-refractivity contribution in [3.8, 4) is 17.0 Å². The largest absolute Gasteiger partial charge is 0.493 e. The van der Waals surface area contributed by atoms with Crippen LogP contribution in [0.5, 0.6) is 5.75 Å². The van der Waals surface area contributed by atoms with Crippen molar-refractivity contribution in [3.05, 3.63) is 65.1 Å². The summed E-state index contributed by atoms with van der Waals surface area (Å²) in [6.45, 7) is 13.9. The van der Waals surface area contributed by atoms with E-state index < -0.39 is 31.4 Å². The Morgan fingerprint density at radius 2 is 1.77 bits per heavy atom. The Balaban J connectivity index is 1.53. The molecule has 0 atom stereocenters. The van der Waals surface area contributed by atoms with Gasteiger partial charge in [0.1, 0.15) is 23.8 Å². The van der Waals surface area contributed by atoms with E-state index in [1.165, 1.54) is 28.4 Å². The van der Waals surface area contributed by atoms with Crippen LogP contribution in [0.25, 0.3) is 22.2 Å². The molecule has 1 aliphatic heterocycles. The summed E-state index contributed by atoms with van der Waals surface area (Å²) in [5, 5.41) is 0.237. The number of halogens is 3. The van der Waals surface area contributed by atoms with Crippen LogP contribution < -0.4 is 9.64 Å². The first-order chi connectivity index (χ1) is 22.6. The summed E-state index contributed by atoms with van der Waals surface area (Å²) >= 11 is 6.50. The highest BCUT2D eigenvalue weighted by Crippen LogP contribution is 2.38. The van der Waals surface area contributed by atoms with Crippen molar-refractivity contribution in [1.29, 1.82) is 0 Å². The van der Waals surface area contributed by atoms with Crippen LogP contribution in [0.1, 0.15) is 31.3 Å². The molecule has 4 aromatic rings. The Morgan fingerprint density at radius 1 is 1.06 bits per heavy atom. The van der Waals surface area contributed by atoms with E-state index in [1.54, 1.807) is 50.1 Å². The minimum Gasteiger partial charge on any atom is -0.493 e. The minimum atomic E-state index is -1.43. The number of hydrogen-bond donors (Lipinski definition) is 0. The molecule has 258 valence electrons. The maximum absolute atomic E-state index is 16.0. The second kappa shape index (κ2) is 13.9. The SMILES string of the molecule is COc1cc(F)cnc1N1CCN(C(=O)c2cc3c(-c4cccn4C(=O)OC(C)(C)C)cc(Cl)c(F)c3n2COCC[Si](C)(C)C)CC1. The summed E-state index contributed by atoms with van der Waals surface area (Å²) in [5.74, 6) is -0.721. The van der Waals surface area contributed by atoms with E-state index in [4.69, 9.17) is 25.8 Å². The van der Waals surface area contributed by atoms with Gasteiger partial charge in [0, 0.05) is 64.1 Å². The van der Waals surface area contributed by atoms with Crippen molar-refractivity contribution < 1.29 is 32.6 Å². The smallest absolute Gasteiger partial charge is 0.418 e. The van der Waals surface area contributed by atoms with Gasteiger partial charge in [0.15, 0.2) is 17.4 Å². The quantitative estimate of drug-likeness (QED) is 0.132. The minimum absolute atomic E-state index is 0.0739. The fraction of sp³-hybridized carbons (Fsp3) is 0.441. The lowest BCUT2D eigenvalue weighted by atomic mass is 10.1. The number of carbonyl (C=O) groups excluding carboxylic acids is 2. The lowest BCUT2D eigenvalue weighted by Crippen LogP contribution is -2.49. The number of nitrogens with zero attached hydrogens (tertiary/aromatic N) is 5. The van der Waals surface area contributed by atoms with Gasteiger partial charge in [0.2, 0.25) is 0 Å². The number of rotatable bonds is 9. The average Bonchev–Trinajstić information content (AvgIpc) is 3.65. The zero-order chi connectivity index (χ0) is 35.0. The maximum atomic E-state index is 16.0. The molecule has 1 aromatic carbocycles. The van der Waals surface area contributed by atoms with E-state index in [0.717, 1.165) is 12.2 Å². The summed E-state index contributed by atoms with van der Waals surface area (Å²) in [6, 6.07) is 8.66. The molecule has 0 N–H and O–H groups in total. The molecule has 0 saturated carbocycles. The van der Waals surface area contributed by atoms with Gasteiger partial charge in [0.25, 0.3) is 5.91 Å². The number of ether oxygens (including phenoxy) is 3. The third-order valence-electron chi connectivity index (χ3n) is 8.01. The summed E-state index contributed by atoms with van der Waals surface area (Å²) in [4.78, 5) is 35.2. The molecular weight excluding hydrogens is 660 g/mol. The highest BCUT2D eigenvalue weighted by atomic mass is 35.5. The van der Waals surface area contributed by atoms with E-state index in [0.29, 0.717) is 61.0 Å². The van der Waals surface area contributed by atoms with Crippen LogP contribution in [0.15, 0.2) is 42.7 Å². The fourth-order valence-electron chi connectivity index (χ4n) is 5.58. The van der Waals surface area contributed by atoms with Gasteiger partial charge in [-0.1, -0.05) is 31.2 Å². The highest BCUT2D eigenvalue weighted by molar-refractivity contribution is 6.76. The number of anilines is 1. The van der Waals surface area contributed by atoms with Crippen molar-refractivity contribution in [2.45, 2.75) is 58.8 Å². The van der Waals surface area contributed by atoms with Gasteiger partial charge in [-0.3, -0.25) is 9.36 Å². The van der Waals surface area contributed by atoms with Gasteiger partial charge in [-0.15, -0.1) is 0 Å². The molecule has 0 unspecified atom stereocenters. The molecule has 0 radical (unpaired) electrons. The van der Waals surface area contributed by atoms with Crippen LogP contribution in [0.2, 0.25) is 30.7 Å². The lowest BCUT2D eigenvalue weighted by Gasteiger charge is -2.36. The molecule has 48 heavy (non-hydrogen) atoms. The van der Waals surface area contributed by atoms with E-state index in [9.17, 15) is 14.0 Å². The number of fused-ring (bicyclic) bond motifs is 1. The molecule has 4 heterocycles. The van der Waals surface area contributed by atoms with Gasteiger partial charge < -0.3 is 28.6 Å². The number of amides is 1. The van der Waals surface area contributed by atoms with Gasteiger partial charge in [0.05, 0.1) is 29.5 Å². The van der Waals surface area contributed by atoms with E-state index in [1.807, 2.05) is 4.90 Å².